The zero-order chi connectivity index (χ0) is 22.9. The van der Waals surface area contributed by atoms with Crippen LogP contribution in [-0.4, -0.2) is 11.0 Å². The highest BCUT2D eigenvalue weighted by atomic mass is 19.1. The van der Waals surface area contributed by atoms with Crippen LogP contribution < -0.4 is 4.90 Å². The minimum Gasteiger partial charge on any atom is -0.462 e. The fourth-order valence-electron chi connectivity index (χ4n) is 3.78. The average molecular weight is 428 g/mol. The first-order valence-corrected chi connectivity index (χ1v) is 10.5. The Kier molecular flexibility index (Phi) is 7.83. The molecule has 3 nitrogen and oxygen atoms in total. The molecule has 4 rings (SSSR count). The van der Waals surface area contributed by atoms with Crippen molar-refractivity contribution in [1.82, 2.24) is 0 Å². The van der Waals surface area contributed by atoms with Gasteiger partial charge in [-0.1, -0.05) is 73.5 Å². The van der Waals surface area contributed by atoms with Gasteiger partial charge in [-0.15, -0.1) is 0 Å². The van der Waals surface area contributed by atoms with Gasteiger partial charge in [0.05, 0.1) is 6.04 Å². The first kappa shape index (κ1) is 22.8. The third-order valence-corrected chi connectivity index (χ3v) is 5.38. The summed E-state index contributed by atoms with van der Waals surface area (Å²) in [7, 11) is 0. The maximum Gasteiger partial charge on any atom is 0.254 e. The Labute approximate surface area is 188 Å². The predicted molar refractivity (Wildman–Crippen MR) is 126 cm³/mol. The molecule has 0 spiro atoms. The van der Waals surface area contributed by atoms with Crippen LogP contribution in [0.25, 0.3) is 0 Å². The number of halogens is 1. The van der Waals surface area contributed by atoms with E-state index in [-0.39, 0.29) is 23.7 Å². The summed E-state index contributed by atoms with van der Waals surface area (Å²) in [5.41, 5.74) is 3.77. The minimum atomic E-state index is -0.308. The lowest BCUT2D eigenvalue weighted by atomic mass is 9.93. The highest BCUT2D eigenvalue weighted by Crippen LogP contribution is 2.38. The summed E-state index contributed by atoms with van der Waals surface area (Å²) in [6.07, 6.45) is 4.41. The van der Waals surface area contributed by atoms with Crippen molar-refractivity contribution in [2.24, 2.45) is 0 Å². The Balaban J connectivity index is 0.000000668. The van der Waals surface area contributed by atoms with Crippen LogP contribution in [0.1, 0.15) is 43.4 Å². The zero-order valence-corrected chi connectivity index (χ0v) is 18.2. The lowest BCUT2D eigenvalue weighted by molar-refractivity contribution is -0.115. The number of carbonyl (C=O) groups excluding carboxylic acids is 1. The number of nitrogens with zero attached hydrogens (tertiary/aromatic N) is 1. The highest BCUT2D eigenvalue weighted by Gasteiger charge is 2.34. The summed E-state index contributed by atoms with van der Waals surface area (Å²) in [6, 6.07) is 26.1. The van der Waals surface area contributed by atoms with Gasteiger partial charge in [-0.3, -0.25) is 9.69 Å². The highest BCUT2D eigenvalue weighted by molar-refractivity contribution is 6.09. The molecular weight excluding hydrogens is 401 g/mol. The molecule has 0 bridgehead atoms. The van der Waals surface area contributed by atoms with Gasteiger partial charge in [0.2, 0.25) is 0 Å². The molecule has 0 saturated carbocycles. The molecule has 1 N–H and O–H groups in total. The second-order valence-corrected chi connectivity index (χ2v) is 7.58. The normalized spacial score (nSPS) is 15.7. The molecule has 0 aromatic heterocycles. The fraction of sp³-hybridized carbons (Fsp3) is 0.179. The number of amides is 1. The van der Waals surface area contributed by atoms with Gasteiger partial charge in [0.25, 0.3) is 5.91 Å². The molecule has 1 amide bonds. The number of anilines is 1. The van der Waals surface area contributed by atoms with Gasteiger partial charge in [0, 0.05) is 18.2 Å². The molecule has 4 heteroatoms. The molecule has 1 heterocycles. The van der Waals surface area contributed by atoms with Crippen LogP contribution in [0, 0.1) is 17.8 Å². The van der Waals surface area contributed by atoms with E-state index in [2.05, 4.69) is 31.1 Å². The first-order chi connectivity index (χ1) is 15.5. The Hall–Kier alpha value is -3.84. The van der Waals surface area contributed by atoms with E-state index in [1.807, 2.05) is 48.5 Å². The van der Waals surface area contributed by atoms with Crippen molar-refractivity contribution in [3.8, 4) is 12.0 Å². The zero-order valence-electron chi connectivity index (χ0n) is 18.2. The van der Waals surface area contributed by atoms with Gasteiger partial charge in [-0.05, 0) is 53.8 Å². The summed E-state index contributed by atoms with van der Waals surface area (Å²) in [6.45, 7) is 3.71. The number of hydrogen-bond acceptors (Lipinski definition) is 2. The van der Waals surface area contributed by atoms with Crippen molar-refractivity contribution in [1.29, 1.82) is 0 Å². The maximum absolute atomic E-state index is 13.4. The monoisotopic (exact) mass is 427 g/mol. The molecular formula is C28H26FNO2. The van der Waals surface area contributed by atoms with Crippen LogP contribution in [0.15, 0.2) is 96.6 Å². The lowest BCUT2D eigenvalue weighted by Gasteiger charge is -2.25. The molecule has 162 valence electrons. The van der Waals surface area contributed by atoms with Crippen LogP contribution in [0.2, 0.25) is 0 Å². The quantitative estimate of drug-likeness (QED) is 0.481. The van der Waals surface area contributed by atoms with E-state index < -0.39 is 0 Å². The van der Waals surface area contributed by atoms with Crippen LogP contribution in [0.5, 0.6) is 0 Å². The first-order valence-electron chi connectivity index (χ1n) is 10.5. The summed E-state index contributed by atoms with van der Waals surface area (Å²) in [4.78, 5) is 15.1. The molecule has 0 fully saturated rings. The second kappa shape index (κ2) is 11.0. The molecule has 0 unspecified atom stereocenters. The maximum atomic E-state index is 13.4. The topological polar surface area (TPSA) is 40.5 Å². The Morgan fingerprint density at radius 1 is 0.969 bits per heavy atom. The summed E-state index contributed by atoms with van der Waals surface area (Å²) in [5.74, 6) is 2.15. The van der Waals surface area contributed by atoms with Crippen molar-refractivity contribution in [2.45, 2.75) is 32.2 Å². The Morgan fingerprint density at radius 3 is 2.09 bits per heavy atom. The van der Waals surface area contributed by atoms with Gasteiger partial charge in [-0.2, -0.15) is 0 Å². The largest absolute Gasteiger partial charge is 0.462 e. The van der Waals surface area contributed by atoms with Crippen LogP contribution in [0.4, 0.5) is 10.1 Å². The van der Waals surface area contributed by atoms with E-state index >= 15 is 0 Å². The van der Waals surface area contributed by atoms with Crippen LogP contribution in [-0.2, 0) is 4.79 Å². The van der Waals surface area contributed by atoms with Gasteiger partial charge < -0.3 is 5.11 Å². The Morgan fingerprint density at radius 2 is 1.53 bits per heavy atom. The predicted octanol–water partition coefficient (Wildman–Crippen LogP) is 6.37. The number of aliphatic hydroxyl groups excluding tert-OH is 1. The lowest BCUT2D eigenvalue weighted by Crippen LogP contribution is -2.29. The smallest absolute Gasteiger partial charge is 0.254 e. The van der Waals surface area contributed by atoms with E-state index in [0.29, 0.717) is 12.1 Å². The molecule has 2 atom stereocenters. The van der Waals surface area contributed by atoms with E-state index in [1.54, 1.807) is 30.1 Å². The number of hydrogen-bond donors (Lipinski definition) is 1. The molecule has 0 saturated heterocycles. The van der Waals surface area contributed by atoms with Crippen molar-refractivity contribution in [2.75, 3.05) is 4.90 Å². The number of aliphatic hydroxyl groups is 1. The number of rotatable bonds is 5. The molecule has 0 radical (unpaired) electrons. The van der Waals surface area contributed by atoms with E-state index in [0.717, 1.165) is 11.1 Å². The van der Waals surface area contributed by atoms with Crippen molar-refractivity contribution in [3.05, 3.63) is 114 Å². The molecule has 0 aliphatic carbocycles. The molecule has 1 aliphatic rings. The second-order valence-electron chi connectivity index (χ2n) is 7.58. The van der Waals surface area contributed by atoms with Crippen molar-refractivity contribution in [3.63, 3.8) is 0 Å². The van der Waals surface area contributed by atoms with Crippen LogP contribution >= 0.6 is 0 Å². The molecule has 3 aromatic rings. The standard InChI is InChI=1S/C25H22FNO.C3H4O/c1-18(19-8-4-2-5-9-19)16-21-17-24(20-10-6-3-7-11-20)27(25(21)28)23-14-12-22(26)13-15-23;1-2-3-4/h2-15,17-18,24H,16H2,1H3;4H,1H3/t18-,24+;/m0./s1. The number of carbonyl (C=O) groups is 1. The summed E-state index contributed by atoms with van der Waals surface area (Å²) >= 11 is 0. The molecule has 32 heavy (non-hydrogen) atoms. The van der Waals surface area contributed by atoms with E-state index in [4.69, 9.17) is 5.11 Å². The van der Waals surface area contributed by atoms with Gasteiger partial charge in [-0.25, -0.2) is 4.39 Å². The third kappa shape index (κ3) is 5.44. The SMILES string of the molecule is CC#CO.C[C@@H](CC1=C[C@H](c2ccccc2)N(c2ccc(F)cc2)C1=O)c1ccccc1. The van der Waals surface area contributed by atoms with E-state index in [1.165, 1.54) is 17.7 Å². The van der Waals surface area contributed by atoms with Crippen molar-refractivity contribution >= 4 is 11.6 Å². The van der Waals surface area contributed by atoms with E-state index in [9.17, 15) is 9.18 Å². The fourth-order valence-corrected chi connectivity index (χ4v) is 3.78. The summed E-state index contributed by atoms with van der Waals surface area (Å²) in [5, 5.41) is 7.51. The summed E-state index contributed by atoms with van der Waals surface area (Å²) < 4.78 is 13.4. The van der Waals surface area contributed by atoms with Crippen molar-refractivity contribution < 1.29 is 14.3 Å². The third-order valence-electron chi connectivity index (χ3n) is 5.38. The van der Waals surface area contributed by atoms with Gasteiger partial charge in [0.1, 0.15) is 11.9 Å². The van der Waals surface area contributed by atoms with Gasteiger partial charge >= 0.3 is 0 Å². The Bertz CT molecular complexity index is 1110. The van der Waals surface area contributed by atoms with Gasteiger partial charge in [0.15, 0.2) is 0 Å². The molecule has 1 aliphatic heterocycles. The molecule has 3 aromatic carbocycles. The van der Waals surface area contributed by atoms with Crippen LogP contribution in [0.3, 0.4) is 0 Å². The minimum absolute atomic E-state index is 0.0109. The average Bonchev–Trinajstić information content (AvgIpc) is 3.16. The number of benzene rings is 3.